The molecule has 0 aliphatic rings. The van der Waals surface area contributed by atoms with E-state index in [1.54, 1.807) is 18.2 Å². The van der Waals surface area contributed by atoms with Crippen LogP contribution in [0.25, 0.3) is 6.08 Å². The fourth-order valence-corrected chi connectivity index (χ4v) is 1.93. The number of rotatable bonds is 5. The molecule has 0 fully saturated rings. The molecule has 0 atom stereocenters. The number of halogens is 1. The molecule has 0 saturated heterocycles. The number of phenols is 1. The topological polar surface area (TPSA) is 55.8 Å². The number of methoxy groups -OCH3 is 2. The van der Waals surface area contributed by atoms with Crippen LogP contribution < -0.4 is 9.47 Å². The molecule has 2 aromatic carbocycles. The van der Waals surface area contributed by atoms with Gasteiger partial charge < -0.3 is 14.6 Å². The zero-order valence-electron chi connectivity index (χ0n) is 12.2. The number of carbonyl (C=O) groups excluding carboxylic acids is 1. The van der Waals surface area contributed by atoms with Crippen molar-refractivity contribution in [3.63, 3.8) is 0 Å². The van der Waals surface area contributed by atoms with E-state index in [0.717, 1.165) is 0 Å². The molecule has 0 radical (unpaired) electrons. The molecule has 0 bridgehead atoms. The highest BCUT2D eigenvalue weighted by Gasteiger charge is 2.12. The predicted octanol–water partition coefficient (Wildman–Crippen LogP) is 3.44. The van der Waals surface area contributed by atoms with Gasteiger partial charge in [0.05, 0.1) is 19.8 Å². The monoisotopic (exact) mass is 302 g/mol. The normalized spacial score (nSPS) is 10.7. The van der Waals surface area contributed by atoms with Gasteiger partial charge in [0, 0.05) is 0 Å². The third kappa shape index (κ3) is 3.25. The minimum atomic E-state index is -0.926. The second kappa shape index (κ2) is 6.76. The van der Waals surface area contributed by atoms with E-state index in [-0.39, 0.29) is 5.56 Å². The van der Waals surface area contributed by atoms with Crippen LogP contribution >= 0.6 is 0 Å². The summed E-state index contributed by atoms with van der Waals surface area (Å²) in [4.78, 5) is 12.0. The van der Waals surface area contributed by atoms with Crippen molar-refractivity contribution in [1.29, 1.82) is 0 Å². The maximum absolute atomic E-state index is 13.7. The van der Waals surface area contributed by atoms with Crippen molar-refractivity contribution in [2.45, 2.75) is 0 Å². The Morgan fingerprint density at radius 2 is 1.86 bits per heavy atom. The third-order valence-corrected chi connectivity index (χ3v) is 3.08. The van der Waals surface area contributed by atoms with Crippen LogP contribution in [0.1, 0.15) is 15.9 Å². The summed E-state index contributed by atoms with van der Waals surface area (Å²) in [6, 6.07) is 9.06. The molecule has 4 nitrogen and oxygen atoms in total. The Kier molecular flexibility index (Phi) is 4.78. The van der Waals surface area contributed by atoms with Crippen LogP contribution in [0.4, 0.5) is 4.39 Å². The van der Waals surface area contributed by atoms with Crippen LogP contribution in [-0.4, -0.2) is 25.1 Å². The predicted molar refractivity (Wildman–Crippen MR) is 81.0 cm³/mol. The maximum Gasteiger partial charge on any atom is 0.188 e. The molecule has 0 saturated carbocycles. The van der Waals surface area contributed by atoms with Gasteiger partial charge in [-0.05, 0) is 35.9 Å². The van der Waals surface area contributed by atoms with Gasteiger partial charge >= 0.3 is 0 Å². The summed E-state index contributed by atoms with van der Waals surface area (Å²) in [6.07, 6.45) is 2.77. The molecule has 0 aliphatic heterocycles. The van der Waals surface area contributed by atoms with Crippen LogP contribution in [0.2, 0.25) is 0 Å². The number of ketones is 1. The molecule has 0 heterocycles. The summed E-state index contributed by atoms with van der Waals surface area (Å²) in [5.74, 6) is -0.913. The van der Waals surface area contributed by atoms with Crippen molar-refractivity contribution in [2.75, 3.05) is 14.2 Å². The first-order chi connectivity index (χ1) is 10.6. The summed E-state index contributed by atoms with van der Waals surface area (Å²) in [5, 5.41) is 9.28. The molecular weight excluding hydrogens is 287 g/mol. The number of hydrogen-bond acceptors (Lipinski definition) is 4. The Balaban J connectivity index is 2.24. The van der Waals surface area contributed by atoms with Crippen molar-refractivity contribution in [3.8, 4) is 17.2 Å². The van der Waals surface area contributed by atoms with Crippen molar-refractivity contribution < 1.29 is 23.8 Å². The minimum Gasteiger partial charge on any atom is -0.505 e. The highest BCUT2D eigenvalue weighted by atomic mass is 19.1. The van der Waals surface area contributed by atoms with Gasteiger partial charge in [0.2, 0.25) is 0 Å². The van der Waals surface area contributed by atoms with E-state index >= 15 is 0 Å². The smallest absolute Gasteiger partial charge is 0.188 e. The number of hydrogen-bond donors (Lipinski definition) is 1. The number of aromatic hydroxyl groups is 1. The largest absolute Gasteiger partial charge is 0.505 e. The molecule has 0 unspecified atom stereocenters. The first-order valence-corrected chi connectivity index (χ1v) is 6.48. The highest BCUT2D eigenvalue weighted by Crippen LogP contribution is 2.28. The molecule has 0 aliphatic carbocycles. The number of phenolic OH excluding ortho intramolecular Hbond substituents is 1. The van der Waals surface area contributed by atoms with Crippen molar-refractivity contribution in [1.82, 2.24) is 0 Å². The molecule has 22 heavy (non-hydrogen) atoms. The zero-order valence-corrected chi connectivity index (χ0v) is 12.2. The summed E-state index contributed by atoms with van der Waals surface area (Å²) in [5.41, 5.74) is 0.517. The number of ether oxygens (including phenoxy) is 2. The first kappa shape index (κ1) is 15.6. The van der Waals surface area contributed by atoms with Gasteiger partial charge in [-0.15, -0.1) is 0 Å². The van der Waals surface area contributed by atoms with E-state index in [1.165, 1.54) is 44.6 Å². The summed E-state index contributed by atoms with van der Waals surface area (Å²) >= 11 is 0. The van der Waals surface area contributed by atoms with Gasteiger partial charge in [-0.2, -0.15) is 0 Å². The SMILES string of the molecule is COc1ccc(/C=C/C(=O)c2cccc(O)c2F)cc1OC. The molecule has 1 N–H and O–H groups in total. The minimum absolute atomic E-state index is 0.184. The molecule has 0 spiro atoms. The fourth-order valence-electron chi connectivity index (χ4n) is 1.93. The van der Waals surface area contributed by atoms with Gasteiger partial charge in [0.1, 0.15) is 0 Å². The van der Waals surface area contributed by atoms with Crippen LogP contribution in [0.5, 0.6) is 17.2 Å². The third-order valence-electron chi connectivity index (χ3n) is 3.08. The second-order valence-electron chi connectivity index (χ2n) is 4.45. The van der Waals surface area contributed by atoms with E-state index in [9.17, 15) is 14.3 Å². The van der Waals surface area contributed by atoms with E-state index in [0.29, 0.717) is 17.1 Å². The number of carbonyl (C=O) groups is 1. The van der Waals surface area contributed by atoms with E-state index < -0.39 is 17.3 Å². The van der Waals surface area contributed by atoms with Crippen LogP contribution in [0.15, 0.2) is 42.5 Å². The number of benzene rings is 2. The van der Waals surface area contributed by atoms with Gasteiger partial charge in [-0.3, -0.25) is 4.79 Å². The molecule has 114 valence electrons. The Hall–Kier alpha value is -2.82. The average Bonchev–Trinajstić information content (AvgIpc) is 2.54. The van der Waals surface area contributed by atoms with Crippen LogP contribution in [-0.2, 0) is 0 Å². The molecule has 0 aromatic heterocycles. The second-order valence-corrected chi connectivity index (χ2v) is 4.45. The summed E-state index contributed by atoms with van der Waals surface area (Å²) in [6.45, 7) is 0. The Bertz CT molecular complexity index is 723. The van der Waals surface area contributed by atoms with E-state index in [1.807, 2.05) is 0 Å². The first-order valence-electron chi connectivity index (χ1n) is 6.48. The van der Waals surface area contributed by atoms with E-state index in [4.69, 9.17) is 9.47 Å². The Morgan fingerprint density at radius 3 is 2.55 bits per heavy atom. The highest BCUT2D eigenvalue weighted by molar-refractivity contribution is 6.07. The van der Waals surface area contributed by atoms with Gasteiger partial charge in [-0.25, -0.2) is 4.39 Å². The summed E-state index contributed by atoms with van der Waals surface area (Å²) in [7, 11) is 3.04. The Morgan fingerprint density at radius 1 is 1.14 bits per heavy atom. The molecule has 0 amide bonds. The van der Waals surface area contributed by atoms with Crippen molar-refractivity contribution in [2.24, 2.45) is 0 Å². The fraction of sp³-hybridized carbons (Fsp3) is 0.118. The van der Waals surface area contributed by atoms with Crippen LogP contribution in [0.3, 0.4) is 0 Å². The Labute approximate surface area is 127 Å². The lowest BCUT2D eigenvalue weighted by Crippen LogP contribution is -1.98. The summed E-state index contributed by atoms with van der Waals surface area (Å²) < 4.78 is 23.9. The lowest BCUT2D eigenvalue weighted by Gasteiger charge is -2.07. The molecule has 5 heteroatoms. The van der Waals surface area contributed by atoms with Gasteiger partial charge in [0.15, 0.2) is 28.8 Å². The molecule has 2 aromatic rings. The quantitative estimate of drug-likeness (QED) is 0.679. The van der Waals surface area contributed by atoms with Gasteiger partial charge in [0.25, 0.3) is 0 Å². The number of allylic oxidation sites excluding steroid dienone is 1. The standard InChI is InChI=1S/C17H15FO4/c1-21-15-9-7-11(10-16(15)22-2)6-8-13(19)12-4-3-5-14(20)17(12)18/h3-10,20H,1-2H3/b8-6+. The molecule has 2 rings (SSSR count). The lowest BCUT2D eigenvalue weighted by atomic mass is 10.1. The van der Waals surface area contributed by atoms with Gasteiger partial charge in [-0.1, -0.05) is 18.2 Å². The zero-order chi connectivity index (χ0) is 16.1. The average molecular weight is 302 g/mol. The van der Waals surface area contributed by atoms with E-state index in [2.05, 4.69) is 0 Å². The molecular formula is C17H15FO4. The van der Waals surface area contributed by atoms with Crippen molar-refractivity contribution in [3.05, 3.63) is 59.4 Å². The lowest BCUT2D eigenvalue weighted by molar-refractivity contribution is 0.104. The van der Waals surface area contributed by atoms with Crippen LogP contribution in [0, 0.1) is 5.82 Å². The van der Waals surface area contributed by atoms with Crippen molar-refractivity contribution >= 4 is 11.9 Å². The maximum atomic E-state index is 13.7.